The third-order valence-electron chi connectivity index (χ3n) is 4.61. The number of hydrogen-bond donors (Lipinski definition) is 1. The predicted molar refractivity (Wildman–Crippen MR) is 120 cm³/mol. The summed E-state index contributed by atoms with van der Waals surface area (Å²) in [5, 5.41) is 11.8. The Balaban J connectivity index is 1.54. The van der Waals surface area contributed by atoms with E-state index in [1.165, 1.54) is 11.8 Å². The second kappa shape index (κ2) is 10.3. The van der Waals surface area contributed by atoms with E-state index in [0.29, 0.717) is 18.3 Å². The number of thioether (sulfide) groups is 1. The summed E-state index contributed by atoms with van der Waals surface area (Å²) >= 11 is 1.39. The highest BCUT2D eigenvalue weighted by Crippen LogP contribution is 2.22. The fraction of sp³-hybridized carbons (Fsp3) is 0.227. The van der Waals surface area contributed by atoms with E-state index in [-0.39, 0.29) is 5.91 Å². The van der Waals surface area contributed by atoms with Crippen LogP contribution in [0.15, 0.2) is 65.7 Å². The molecule has 1 saturated heterocycles. The Labute approximate surface area is 175 Å². The Kier molecular flexibility index (Phi) is 7.31. The summed E-state index contributed by atoms with van der Waals surface area (Å²) in [6, 6.07) is 17.8. The lowest BCUT2D eigenvalue weighted by molar-refractivity contribution is -0.126. The number of amidine groups is 1. The van der Waals surface area contributed by atoms with Gasteiger partial charge in [0.2, 0.25) is 5.91 Å². The number of aliphatic imine (C=N–C) groups is 1. The molecule has 1 amide bonds. The molecule has 0 radical (unpaired) electrons. The van der Waals surface area contributed by atoms with Crippen LogP contribution in [0, 0.1) is 11.5 Å². The van der Waals surface area contributed by atoms with Crippen LogP contribution < -0.4 is 10.2 Å². The monoisotopic (exact) mass is 405 g/mol. The molecule has 0 atom stereocenters. The van der Waals surface area contributed by atoms with E-state index in [9.17, 15) is 4.79 Å². The van der Waals surface area contributed by atoms with Crippen LogP contribution in [0.4, 0.5) is 11.4 Å². The maximum absolute atomic E-state index is 12.4. The van der Waals surface area contributed by atoms with Crippen LogP contribution in [0.2, 0.25) is 0 Å². The van der Waals surface area contributed by atoms with E-state index < -0.39 is 0 Å². The van der Waals surface area contributed by atoms with E-state index in [1.54, 1.807) is 6.08 Å². The maximum atomic E-state index is 12.4. The molecule has 0 aromatic heterocycles. The SMILES string of the molecule is CSC(=Nc1ccc(N2CCN(C(=O)C=Cc3ccccc3)CC2)cc1)NC#N. The first-order valence-electron chi connectivity index (χ1n) is 9.34. The smallest absolute Gasteiger partial charge is 0.246 e. The first kappa shape index (κ1) is 20.5. The average Bonchev–Trinajstić information content (AvgIpc) is 2.78. The van der Waals surface area contributed by atoms with Gasteiger partial charge in [-0.3, -0.25) is 10.1 Å². The van der Waals surface area contributed by atoms with Crippen LogP contribution in [0.5, 0.6) is 0 Å². The molecule has 1 fully saturated rings. The van der Waals surface area contributed by atoms with Crippen molar-refractivity contribution in [2.45, 2.75) is 0 Å². The highest BCUT2D eigenvalue weighted by Gasteiger charge is 2.19. The van der Waals surface area contributed by atoms with E-state index in [1.807, 2.05) is 78.0 Å². The summed E-state index contributed by atoms with van der Waals surface area (Å²) in [4.78, 5) is 21.0. The van der Waals surface area contributed by atoms with Crippen LogP contribution >= 0.6 is 11.8 Å². The van der Waals surface area contributed by atoms with Crippen molar-refractivity contribution in [3.05, 3.63) is 66.2 Å². The van der Waals surface area contributed by atoms with Crippen molar-refractivity contribution in [3.63, 3.8) is 0 Å². The number of rotatable bonds is 4. The molecule has 1 N–H and O–H groups in total. The summed E-state index contributed by atoms with van der Waals surface area (Å²) < 4.78 is 0. The van der Waals surface area contributed by atoms with Gasteiger partial charge in [-0.05, 0) is 42.2 Å². The standard InChI is InChI=1S/C22H23N5OS/c1-29-22(24-17-23)25-19-8-10-20(11-9-19)26-13-15-27(16-14-26)21(28)12-7-18-5-3-2-4-6-18/h2-12H,13-16H2,1H3,(H,24,25). The Bertz CT molecular complexity index is 910. The first-order valence-corrected chi connectivity index (χ1v) is 10.6. The zero-order valence-electron chi connectivity index (χ0n) is 16.3. The number of benzene rings is 2. The topological polar surface area (TPSA) is 71.7 Å². The Morgan fingerprint density at radius 2 is 1.79 bits per heavy atom. The molecule has 6 nitrogen and oxygen atoms in total. The van der Waals surface area contributed by atoms with Crippen LogP contribution in [-0.4, -0.2) is 48.4 Å². The normalized spacial score (nSPS) is 14.7. The van der Waals surface area contributed by atoms with Gasteiger partial charge in [0.05, 0.1) is 5.69 Å². The lowest BCUT2D eigenvalue weighted by Gasteiger charge is -2.35. The fourth-order valence-electron chi connectivity index (χ4n) is 3.05. The minimum atomic E-state index is 0.0489. The van der Waals surface area contributed by atoms with Gasteiger partial charge in [0.15, 0.2) is 11.4 Å². The molecule has 1 heterocycles. The minimum Gasteiger partial charge on any atom is -0.368 e. The quantitative estimate of drug-likeness (QED) is 0.277. The minimum absolute atomic E-state index is 0.0489. The Hall–Kier alpha value is -3.24. The summed E-state index contributed by atoms with van der Waals surface area (Å²) in [5.74, 6) is 0.0489. The Morgan fingerprint density at radius 1 is 1.10 bits per heavy atom. The highest BCUT2D eigenvalue weighted by atomic mass is 32.2. The van der Waals surface area contributed by atoms with Gasteiger partial charge in [-0.1, -0.05) is 42.1 Å². The molecule has 2 aromatic rings. The molecule has 148 valence electrons. The van der Waals surface area contributed by atoms with Crippen molar-refractivity contribution >= 4 is 40.3 Å². The van der Waals surface area contributed by atoms with Crippen molar-refractivity contribution < 1.29 is 4.79 Å². The summed E-state index contributed by atoms with van der Waals surface area (Å²) in [5.41, 5.74) is 2.92. The summed E-state index contributed by atoms with van der Waals surface area (Å²) in [6.07, 6.45) is 7.26. The van der Waals surface area contributed by atoms with Gasteiger partial charge < -0.3 is 9.80 Å². The molecule has 1 aliphatic rings. The third kappa shape index (κ3) is 5.87. The number of nitrogens with zero attached hydrogens (tertiary/aromatic N) is 4. The van der Waals surface area contributed by atoms with Gasteiger partial charge in [-0.2, -0.15) is 5.26 Å². The van der Waals surface area contributed by atoms with Gasteiger partial charge in [-0.15, -0.1) is 0 Å². The molecular formula is C22H23N5OS. The van der Waals surface area contributed by atoms with Crippen molar-refractivity contribution in [3.8, 4) is 6.19 Å². The van der Waals surface area contributed by atoms with Crippen LogP contribution in [-0.2, 0) is 4.79 Å². The number of anilines is 1. The second-order valence-electron chi connectivity index (χ2n) is 6.43. The number of carbonyl (C=O) groups excluding carboxylic acids is 1. The van der Waals surface area contributed by atoms with Crippen LogP contribution in [0.25, 0.3) is 6.08 Å². The molecule has 0 bridgehead atoms. The maximum Gasteiger partial charge on any atom is 0.246 e. The number of carbonyl (C=O) groups is 1. The average molecular weight is 406 g/mol. The molecule has 0 unspecified atom stereocenters. The number of piperazine rings is 1. The van der Waals surface area contributed by atoms with Crippen molar-refractivity contribution in [2.24, 2.45) is 4.99 Å². The van der Waals surface area contributed by atoms with Gasteiger partial charge in [-0.25, -0.2) is 4.99 Å². The molecule has 29 heavy (non-hydrogen) atoms. The van der Waals surface area contributed by atoms with Crippen molar-refractivity contribution in [1.29, 1.82) is 5.26 Å². The molecule has 7 heteroatoms. The summed E-state index contributed by atoms with van der Waals surface area (Å²) in [7, 11) is 0. The molecule has 1 aliphatic heterocycles. The van der Waals surface area contributed by atoms with Crippen LogP contribution in [0.1, 0.15) is 5.56 Å². The van der Waals surface area contributed by atoms with Crippen molar-refractivity contribution in [1.82, 2.24) is 10.2 Å². The predicted octanol–water partition coefficient (Wildman–Crippen LogP) is 3.47. The molecule has 3 rings (SSSR count). The van der Waals surface area contributed by atoms with Crippen LogP contribution in [0.3, 0.4) is 0 Å². The largest absolute Gasteiger partial charge is 0.368 e. The van der Waals surface area contributed by atoms with E-state index in [0.717, 1.165) is 30.0 Å². The lowest BCUT2D eigenvalue weighted by Crippen LogP contribution is -2.48. The number of amides is 1. The third-order valence-corrected chi connectivity index (χ3v) is 5.19. The summed E-state index contributed by atoms with van der Waals surface area (Å²) in [6.45, 7) is 2.97. The molecule has 0 aliphatic carbocycles. The van der Waals surface area contributed by atoms with Gasteiger partial charge in [0, 0.05) is 37.9 Å². The van der Waals surface area contributed by atoms with Gasteiger partial charge >= 0.3 is 0 Å². The Morgan fingerprint density at radius 3 is 2.41 bits per heavy atom. The van der Waals surface area contributed by atoms with E-state index in [4.69, 9.17) is 5.26 Å². The second-order valence-corrected chi connectivity index (χ2v) is 7.23. The molecule has 2 aromatic carbocycles. The molecule has 0 spiro atoms. The van der Waals surface area contributed by atoms with Gasteiger partial charge in [0.1, 0.15) is 0 Å². The zero-order chi connectivity index (χ0) is 20.5. The first-order chi connectivity index (χ1) is 14.2. The van der Waals surface area contributed by atoms with Gasteiger partial charge in [0.25, 0.3) is 0 Å². The van der Waals surface area contributed by atoms with E-state index in [2.05, 4.69) is 15.2 Å². The number of nitrogens with one attached hydrogen (secondary N) is 1. The molecule has 0 saturated carbocycles. The molecular weight excluding hydrogens is 382 g/mol. The van der Waals surface area contributed by atoms with E-state index >= 15 is 0 Å². The number of nitriles is 1. The lowest BCUT2D eigenvalue weighted by atomic mass is 10.2. The number of hydrogen-bond acceptors (Lipinski definition) is 5. The zero-order valence-corrected chi connectivity index (χ0v) is 17.1. The van der Waals surface area contributed by atoms with Crippen molar-refractivity contribution in [2.75, 3.05) is 37.3 Å². The fourth-order valence-corrected chi connectivity index (χ4v) is 3.39. The highest BCUT2D eigenvalue weighted by molar-refractivity contribution is 8.13.